The third-order valence-electron chi connectivity index (χ3n) is 12.4. The molecule has 0 saturated carbocycles. The maximum absolute atomic E-state index is 12.1. The average Bonchev–Trinajstić information content (AvgIpc) is 3.46. The summed E-state index contributed by atoms with van der Waals surface area (Å²) >= 11 is 0. The van der Waals surface area contributed by atoms with Crippen molar-refractivity contribution < 1.29 is 56.2 Å². The lowest BCUT2D eigenvalue weighted by Gasteiger charge is -2.07. The molecule has 0 bridgehead atoms. The highest BCUT2D eigenvalue weighted by molar-refractivity contribution is 7.86. The van der Waals surface area contributed by atoms with E-state index in [0.717, 1.165) is 102 Å². The van der Waals surface area contributed by atoms with Crippen molar-refractivity contribution in [3.63, 3.8) is 0 Å². The van der Waals surface area contributed by atoms with Gasteiger partial charge in [-0.25, -0.2) is 0 Å². The van der Waals surface area contributed by atoms with Crippen LogP contribution in [0.25, 0.3) is 0 Å². The van der Waals surface area contributed by atoms with Crippen LogP contribution < -0.4 is 37.1 Å². The minimum Gasteiger partial charge on any atom is -0.508 e. The molecule has 0 aliphatic heterocycles. The summed E-state index contributed by atoms with van der Waals surface area (Å²) in [5.41, 5.74) is 23.4. The summed E-state index contributed by atoms with van der Waals surface area (Å²) in [7, 11) is -3.65. The zero-order chi connectivity index (χ0) is 59.4. The van der Waals surface area contributed by atoms with E-state index < -0.39 is 33.7 Å². The summed E-state index contributed by atoms with van der Waals surface area (Å²) in [5.74, 6) is 0.250. The molecule has 81 heavy (non-hydrogen) atoms. The molecule has 5 rings (SSSR count). The number of rotatable bonds is 37. The third kappa shape index (κ3) is 34.3. The number of ether oxygens (including phenoxy) is 3. The largest absolute Gasteiger partial charge is 0.508 e. The molecule has 0 radical (unpaired) electrons. The van der Waals surface area contributed by atoms with Gasteiger partial charge >= 0.3 is 0 Å². The highest BCUT2D eigenvalue weighted by Gasteiger charge is 2.14. The fourth-order valence-electron chi connectivity index (χ4n) is 7.76. The van der Waals surface area contributed by atoms with E-state index in [0.29, 0.717) is 72.4 Å². The molecule has 0 saturated heterocycles. The summed E-state index contributed by atoms with van der Waals surface area (Å²) in [5, 5.41) is 25.9. The van der Waals surface area contributed by atoms with Crippen molar-refractivity contribution in [1.82, 2.24) is 0 Å². The number of nitrogens with two attached hydrogens (primary N) is 4. The van der Waals surface area contributed by atoms with Gasteiger partial charge < -0.3 is 47.4 Å². The molecule has 0 aliphatic rings. The lowest BCUT2D eigenvalue weighted by atomic mass is 10.1. The number of nitrogens with zero attached hydrogens (tertiary/aromatic N) is 1. The number of amides is 4. The maximum Gasteiger partial charge on any atom is 0.296 e. The van der Waals surface area contributed by atoms with Crippen LogP contribution >= 0.6 is 0 Å². The second kappa shape index (κ2) is 43.4. The summed E-state index contributed by atoms with van der Waals surface area (Å²) in [4.78, 5) is 43.9. The van der Waals surface area contributed by atoms with Crippen molar-refractivity contribution in [3.8, 4) is 29.1 Å². The van der Waals surface area contributed by atoms with Crippen molar-refractivity contribution in [2.24, 2.45) is 22.9 Å². The van der Waals surface area contributed by atoms with E-state index in [1.54, 1.807) is 91.0 Å². The molecule has 18 heteroatoms. The number of phenolic OH excluding ortho intramolecular Hbond substituents is 1. The van der Waals surface area contributed by atoms with Gasteiger partial charge in [0.1, 0.15) is 23.0 Å². The highest BCUT2D eigenvalue weighted by atomic mass is 32.2. The van der Waals surface area contributed by atoms with Gasteiger partial charge in [-0.2, -0.15) is 13.7 Å². The zero-order valence-electron chi connectivity index (χ0n) is 47.3. The molecule has 17 nitrogen and oxygen atoms in total. The Morgan fingerprint density at radius 3 is 1.10 bits per heavy atom. The molecule has 0 spiro atoms. The topological polar surface area (TPSA) is 308 Å². The minimum absolute atomic E-state index is 0.0521. The first-order valence-corrected chi connectivity index (χ1v) is 29.6. The quantitative estimate of drug-likeness (QED) is 0.0159. The number of aliphatic hydroxyl groups excluding tert-OH is 1. The maximum atomic E-state index is 12.1. The summed E-state index contributed by atoms with van der Waals surface area (Å²) in [6.45, 7) is 4.36. The van der Waals surface area contributed by atoms with Crippen LogP contribution in [0.2, 0.25) is 0 Å². The number of aliphatic hydroxyl groups is 1. The molecule has 0 heterocycles. The second-order valence-corrected chi connectivity index (χ2v) is 20.9. The molecule has 0 fully saturated rings. The minimum atomic E-state index is -3.65. The normalized spacial score (nSPS) is 10.5. The molecule has 5 aromatic rings. The van der Waals surface area contributed by atoms with Crippen LogP contribution in [0.3, 0.4) is 0 Å². The number of aromatic hydroxyl groups is 1. The number of unbranched alkanes of at least 4 members (excludes halogenated alkanes) is 19. The Morgan fingerprint density at radius 2 is 0.765 bits per heavy atom. The highest BCUT2D eigenvalue weighted by Crippen LogP contribution is 2.19. The van der Waals surface area contributed by atoms with Crippen molar-refractivity contribution >= 4 is 33.7 Å². The number of nitriles is 1. The van der Waals surface area contributed by atoms with Gasteiger partial charge in [0.05, 0.1) is 37.4 Å². The summed E-state index contributed by atoms with van der Waals surface area (Å²) in [6.07, 6.45) is 23.4. The average molecular weight is 1140 g/mol. The van der Waals surface area contributed by atoms with E-state index in [2.05, 4.69) is 6.07 Å². The number of phenols is 1. The first-order chi connectivity index (χ1) is 39.1. The number of hydrogen-bond acceptors (Lipinski definition) is 13. The van der Waals surface area contributed by atoms with E-state index in [9.17, 15) is 27.6 Å². The van der Waals surface area contributed by atoms with Crippen LogP contribution in [0.4, 0.5) is 0 Å². The number of carbonyl (C=O) groups excluding carboxylic acids is 4. The van der Waals surface area contributed by atoms with Gasteiger partial charge in [0.2, 0.25) is 23.6 Å². The van der Waals surface area contributed by atoms with Crippen molar-refractivity contribution in [2.75, 3.05) is 33.0 Å². The van der Waals surface area contributed by atoms with Gasteiger partial charge in [-0.05, 0) is 130 Å². The van der Waals surface area contributed by atoms with Crippen LogP contribution in [0, 0.1) is 18.3 Å². The standard InChI is InChI=1S/C23H31NO5S.C17H24N2O2.C16H25NO3.C7H7NO2/c1-19-12-14-22(15-13-19)30(26,27)29-17-8-6-4-2-3-5-7-16-28-21-11-9-10-20(18-21)23(24)25;18-12-7-5-3-1-2-4-6-8-13-21-16-11-9-10-15(14-16)17(19)20;17-16(19)14-9-8-10-15(13-14)20-12-7-5-3-1-2-4-6-11-18;8-7(10)5-2-1-3-6(9)4-5/h9-15,18H,2-8,16-17H2,1H3,(H2,24,25);9-11,14H,1-8,13H2,(H2,19,20);8-10,13,18H,1-7,11-12H2,(H2,17,19);1-4,9H,(H2,8,10). The number of benzene rings is 5. The van der Waals surface area contributed by atoms with Crippen molar-refractivity contribution in [2.45, 2.75) is 153 Å². The van der Waals surface area contributed by atoms with E-state index in [-0.39, 0.29) is 17.3 Å². The summed E-state index contributed by atoms with van der Waals surface area (Å²) < 4.78 is 46.1. The van der Waals surface area contributed by atoms with E-state index >= 15 is 0 Å². The molecular formula is C63H87N5O12S. The first kappa shape index (κ1) is 69.6. The fourth-order valence-corrected chi connectivity index (χ4v) is 8.71. The van der Waals surface area contributed by atoms with Crippen LogP contribution in [-0.2, 0) is 14.3 Å². The Morgan fingerprint density at radius 1 is 0.444 bits per heavy atom. The lowest BCUT2D eigenvalue weighted by Crippen LogP contribution is -2.10. The third-order valence-corrected chi connectivity index (χ3v) is 13.7. The molecule has 5 aromatic carbocycles. The van der Waals surface area contributed by atoms with Gasteiger partial charge in [-0.1, -0.05) is 138 Å². The Bertz CT molecular complexity index is 2720. The van der Waals surface area contributed by atoms with Crippen molar-refractivity contribution in [1.29, 1.82) is 5.26 Å². The predicted molar refractivity (Wildman–Crippen MR) is 317 cm³/mol. The molecule has 4 amide bonds. The Hall–Kier alpha value is -7.46. The van der Waals surface area contributed by atoms with Gasteiger partial charge in [-0.15, -0.1) is 0 Å². The Kier molecular flexibility index (Phi) is 37.3. The monoisotopic (exact) mass is 1140 g/mol. The van der Waals surface area contributed by atoms with Gasteiger partial charge in [0.15, 0.2) is 0 Å². The second-order valence-electron chi connectivity index (χ2n) is 19.3. The molecule has 0 aromatic heterocycles. The lowest BCUT2D eigenvalue weighted by molar-refractivity contribution is 0.0991. The summed E-state index contributed by atoms with van der Waals surface area (Å²) in [6, 6.07) is 35.6. The van der Waals surface area contributed by atoms with Gasteiger partial charge in [0.25, 0.3) is 10.1 Å². The van der Waals surface area contributed by atoms with Crippen molar-refractivity contribution in [3.05, 3.63) is 149 Å². The van der Waals surface area contributed by atoms with E-state index in [4.69, 9.17) is 56.8 Å². The van der Waals surface area contributed by atoms with Crippen LogP contribution in [0.1, 0.15) is 188 Å². The fraction of sp³-hybridized carbons (Fsp3) is 0.444. The molecule has 0 unspecified atom stereocenters. The number of primary amides is 4. The number of hydrogen-bond donors (Lipinski definition) is 6. The Balaban J connectivity index is 0.000000390. The molecule has 442 valence electrons. The molecule has 10 N–H and O–H groups in total. The molecule has 0 atom stereocenters. The molecular weight excluding hydrogens is 1050 g/mol. The van der Waals surface area contributed by atoms with Gasteiger partial charge in [-0.3, -0.25) is 23.4 Å². The van der Waals surface area contributed by atoms with Crippen LogP contribution in [-0.4, -0.2) is 75.3 Å². The number of carbonyl (C=O) groups is 4. The number of aryl methyl sites for hydroxylation is 1. The SMILES string of the molecule is Cc1ccc(S(=O)(=O)OCCCCCCCCCOc2cccc(C(N)=O)c2)cc1.N#CCCCCCCCCCOc1cccc(C(N)=O)c1.NC(=O)c1cccc(O)c1.NC(=O)c1cccc(OCCCCCCCCCO)c1. The van der Waals surface area contributed by atoms with Gasteiger partial charge in [0, 0.05) is 35.3 Å². The zero-order valence-corrected chi connectivity index (χ0v) is 48.1. The molecule has 0 aliphatic carbocycles. The predicted octanol–water partition coefficient (Wildman–Crippen LogP) is 11.8. The first-order valence-electron chi connectivity index (χ1n) is 28.2. The van der Waals surface area contributed by atoms with E-state index in [1.165, 1.54) is 50.7 Å². The van der Waals surface area contributed by atoms with E-state index in [1.807, 2.05) is 25.1 Å². The Labute approximate surface area is 480 Å². The van der Waals surface area contributed by atoms with Crippen LogP contribution in [0.5, 0.6) is 23.0 Å². The van der Waals surface area contributed by atoms with Crippen LogP contribution in [0.15, 0.2) is 126 Å². The smallest absolute Gasteiger partial charge is 0.296 e.